The van der Waals surface area contributed by atoms with Gasteiger partial charge >= 0.3 is 0 Å². The number of dihydropyridines is 1. The zero-order valence-corrected chi connectivity index (χ0v) is 23.2. The number of ketones is 1. The molecule has 2 N–H and O–H groups in total. The van der Waals surface area contributed by atoms with Gasteiger partial charge in [0.2, 0.25) is 0 Å². The standard InChI is InChI=1S/C32H33N3O5/c1-19-14-15-33-28(16-19)35-32(37)29-20(2)34-25-6-5-7-26(36)31(25)30(29)21-8-13-27(39-4)22(17-21)18-40-24-11-9-23(38-3)10-12-24/h8-17,30,34H,5-7,18H2,1-4H3,(H,33,35,37)/t30-/m0/s1. The minimum atomic E-state index is -0.542. The highest BCUT2D eigenvalue weighted by molar-refractivity contribution is 6.09. The Morgan fingerprint density at radius 3 is 2.50 bits per heavy atom. The summed E-state index contributed by atoms with van der Waals surface area (Å²) in [6.45, 7) is 4.06. The van der Waals surface area contributed by atoms with Crippen molar-refractivity contribution in [1.29, 1.82) is 0 Å². The van der Waals surface area contributed by atoms with Crippen molar-refractivity contribution in [1.82, 2.24) is 10.3 Å². The molecule has 1 amide bonds. The van der Waals surface area contributed by atoms with Crippen LogP contribution in [0, 0.1) is 6.92 Å². The van der Waals surface area contributed by atoms with Crippen LogP contribution in [0.2, 0.25) is 0 Å². The van der Waals surface area contributed by atoms with Crippen LogP contribution in [-0.2, 0) is 16.2 Å². The molecule has 0 spiro atoms. The second kappa shape index (κ2) is 11.7. The number of allylic oxidation sites excluding steroid dienone is 3. The van der Waals surface area contributed by atoms with Gasteiger partial charge in [-0.05, 0) is 86.3 Å². The van der Waals surface area contributed by atoms with E-state index in [0.29, 0.717) is 34.9 Å². The SMILES string of the molecule is COc1ccc(OCc2cc([C@H]3C(C(=O)Nc4cc(C)ccn4)=C(C)NC4=C3C(=O)CCC4)ccc2OC)cc1. The van der Waals surface area contributed by atoms with Crippen LogP contribution in [0.25, 0.3) is 0 Å². The van der Waals surface area contributed by atoms with E-state index in [1.54, 1.807) is 20.4 Å². The summed E-state index contributed by atoms with van der Waals surface area (Å²) in [6, 6.07) is 16.8. The number of Topliss-reactive ketones (excluding diaryl/α,β-unsaturated/α-hetero) is 1. The lowest BCUT2D eigenvalue weighted by Crippen LogP contribution is -2.35. The maximum Gasteiger partial charge on any atom is 0.255 e. The van der Waals surface area contributed by atoms with E-state index < -0.39 is 5.92 Å². The van der Waals surface area contributed by atoms with Gasteiger partial charge in [-0.25, -0.2) is 4.98 Å². The van der Waals surface area contributed by atoms with Gasteiger partial charge in [0.15, 0.2) is 5.78 Å². The number of benzene rings is 2. The number of ether oxygens (including phenoxy) is 3. The minimum absolute atomic E-state index is 0.0529. The Morgan fingerprint density at radius 1 is 1.00 bits per heavy atom. The van der Waals surface area contributed by atoms with Crippen molar-refractivity contribution in [3.8, 4) is 17.2 Å². The number of anilines is 1. The first kappa shape index (κ1) is 27.0. The molecule has 2 aromatic carbocycles. The smallest absolute Gasteiger partial charge is 0.255 e. The van der Waals surface area contributed by atoms with Gasteiger partial charge in [-0.15, -0.1) is 0 Å². The van der Waals surface area contributed by atoms with Gasteiger partial charge in [-0.2, -0.15) is 0 Å². The third-order valence-corrected chi connectivity index (χ3v) is 7.27. The lowest BCUT2D eigenvalue weighted by Gasteiger charge is -2.34. The average Bonchev–Trinajstić information content (AvgIpc) is 2.95. The average molecular weight is 540 g/mol. The third kappa shape index (κ3) is 5.57. The van der Waals surface area contributed by atoms with Crippen molar-refractivity contribution >= 4 is 17.5 Å². The number of hydrogen-bond acceptors (Lipinski definition) is 7. The van der Waals surface area contributed by atoms with Crippen LogP contribution in [-0.4, -0.2) is 30.9 Å². The summed E-state index contributed by atoms with van der Waals surface area (Å²) >= 11 is 0. The number of aromatic nitrogens is 1. The van der Waals surface area contributed by atoms with Gasteiger partial charge in [0.1, 0.15) is 29.7 Å². The minimum Gasteiger partial charge on any atom is -0.497 e. The number of pyridine rings is 1. The summed E-state index contributed by atoms with van der Waals surface area (Å²) in [4.78, 5) is 31.4. The summed E-state index contributed by atoms with van der Waals surface area (Å²) in [6.07, 6.45) is 3.65. The van der Waals surface area contributed by atoms with Gasteiger partial charge in [0.05, 0.1) is 14.2 Å². The second-order valence-corrected chi connectivity index (χ2v) is 9.97. The Bertz CT molecular complexity index is 1510. The molecule has 1 aromatic heterocycles. The number of methoxy groups -OCH3 is 2. The Labute approximate surface area is 234 Å². The van der Waals surface area contributed by atoms with Gasteiger partial charge < -0.3 is 24.8 Å². The number of hydrogen-bond donors (Lipinski definition) is 2. The fourth-order valence-corrected chi connectivity index (χ4v) is 5.33. The van der Waals surface area contributed by atoms with Crippen LogP contribution >= 0.6 is 0 Å². The molecule has 3 aromatic rings. The zero-order chi connectivity index (χ0) is 28.2. The summed E-state index contributed by atoms with van der Waals surface area (Å²) in [5.41, 5.74) is 5.35. The summed E-state index contributed by atoms with van der Waals surface area (Å²) in [7, 11) is 3.23. The molecule has 1 aliphatic carbocycles. The fraction of sp³-hybridized carbons (Fsp3) is 0.281. The molecule has 8 heteroatoms. The number of carbonyl (C=O) groups is 2. The quantitative estimate of drug-likeness (QED) is 0.385. The number of amides is 1. The van der Waals surface area contributed by atoms with E-state index in [4.69, 9.17) is 14.2 Å². The highest BCUT2D eigenvalue weighted by Crippen LogP contribution is 2.43. The third-order valence-electron chi connectivity index (χ3n) is 7.27. The Balaban J connectivity index is 1.52. The normalized spacial score (nSPS) is 16.7. The number of aryl methyl sites for hydroxylation is 1. The van der Waals surface area contributed by atoms with Crippen molar-refractivity contribution in [2.24, 2.45) is 0 Å². The van der Waals surface area contributed by atoms with E-state index in [1.165, 1.54) is 0 Å². The van der Waals surface area contributed by atoms with Crippen LogP contribution < -0.4 is 24.8 Å². The molecule has 0 saturated carbocycles. The number of rotatable bonds is 8. The molecule has 2 heterocycles. The van der Waals surface area contributed by atoms with Crippen molar-refractivity contribution in [3.63, 3.8) is 0 Å². The van der Waals surface area contributed by atoms with Crippen LogP contribution in [0.1, 0.15) is 48.8 Å². The van der Waals surface area contributed by atoms with Gasteiger partial charge in [-0.1, -0.05) is 6.07 Å². The van der Waals surface area contributed by atoms with Gasteiger partial charge in [0, 0.05) is 46.6 Å². The molecular weight excluding hydrogens is 506 g/mol. The zero-order valence-electron chi connectivity index (χ0n) is 23.2. The van der Waals surface area contributed by atoms with Crippen molar-refractivity contribution in [2.75, 3.05) is 19.5 Å². The fourth-order valence-electron chi connectivity index (χ4n) is 5.33. The number of nitrogens with zero attached hydrogens (tertiary/aromatic N) is 1. The molecule has 1 aliphatic heterocycles. The molecule has 0 saturated heterocycles. The Morgan fingerprint density at radius 2 is 1.77 bits per heavy atom. The monoisotopic (exact) mass is 539 g/mol. The summed E-state index contributed by atoms with van der Waals surface area (Å²) in [5.74, 6) is 1.76. The highest BCUT2D eigenvalue weighted by Gasteiger charge is 2.38. The molecule has 0 fully saturated rings. The van der Waals surface area contributed by atoms with E-state index in [1.807, 2.05) is 68.4 Å². The maximum absolute atomic E-state index is 13.8. The molecule has 0 bridgehead atoms. The topological polar surface area (TPSA) is 98.8 Å². The lowest BCUT2D eigenvalue weighted by atomic mass is 9.74. The number of carbonyl (C=O) groups excluding carboxylic acids is 2. The van der Waals surface area contributed by atoms with Crippen LogP contribution in [0.4, 0.5) is 5.82 Å². The van der Waals surface area contributed by atoms with Crippen molar-refractivity contribution < 1.29 is 23.8 Å². The molecule has 0 radical (unpaired) electrons. The second-order valence-electron chi connectivity index (χ2n) is 9.97. The van der Waals surface area contributed by atoms with E-state index in [2.05, 4.69) is 15.6 Å². The molecule has 40 heavy (non-hydrogen) atoms. The summed E-state index contributed by atoms with van der Waals surface area (Å²) in [5, 5.41) is 6.31. The van der Waals surface area contributed by atoms with E-state index >= 15 is 0 Å². The molecule has 5 rings (SSSR count). The Kier molecular flexibility index (Phi) is 7.86. The van der Waals surface area contributed by atoms with Gasteiger partial charge in [0.25, 0.3) is 5.91 Å². The molecule has 2 aliphatic rings. The Hall–Kier alpha value is -4.59. The first-order valence-electron chi connectivity index (χ1n) is 13.3. The van der Waals surface area contributed by atoms with Crippen LogP contribution in [0.15, 0.2) is 83.3 Å². The van der Waals surface area contributed by atoms with E-state index in [-0.39, 0.29) is 18.3 Å². The van der Waals surface area contributed by atoms with Crippen molar-refractivity contribution in [2.45, 2.75) is 45.6 Å². The van der Waals surface area contributed by atoms with E-state index in [9.17, 15) is 9.59 Å². The largest absolute Gasteiger partial charge is 0.497 e. The van der Waals surface area contributed by atoms with Crippen LogP contribution in [0.5, 0.6) is 17.2 Å². The van der Waals surface area contributed by atoms with Gasteiger partial charge in [-0.3, -0.25) is 9.59 Å². The lowest BCUT2D eigenvalue weighted by molar-refractivity contribution is -0.116. The predicted octanol–water partition coefficient (Wildman–Crippen LogP) is 5.59. The molecule has 0 unspecified atom stereocenters. The maximum atomic E-state index is 13.8. The van der Waals surface area contributed by atoms with Crippen LogP contribution in [0.3, 0.4) is 0 Å². The molecular formula is C32H33N3O5. The highest BCUT2D eigenvalue weighted by atomic mass is 16.5. The molecule has 8 nitrogen and oxygen atoms in total. The van der Waals surface area contributed by atoms with E-state index in [0.717, 1.165) is 46.7 Å². The number of nitrogens with one attached hydrogen (secondary N) is 2. The first-order valence-corrected chi connectivity index (χ1v) is 13.3. The van der Waals surface area contributed by atoms with Crippen molar-refractivity contribution in [3.05, 3.63) is 100 Å². The predicted molar refractivity (Wildman–Crippen MR) is 152 cm³/mol. The summed E-state index contributed by atoms with van der Waals surface area (Å²) < 4.78 is 16.9. The molecule has 1 atom stereocenters. The molecule has 206 valence electrons. The first-order chi connectivity index (χ1) is 19.4.